The van der Waals surface area contributed by atoms with Crippen LogP contribution in [0.25, 0.3) is 0 Å². The molecule has 10 N–H and O–H groups in total. The highest BCUT2D eigenvalue weighted by molar-refractivity contribution is 5.73. The number of aliphatic carboxylic acids is 5. The minimum absolute atomic E-state index is 0.0526. The lowest BCUT2D eigenvalue weighted by Gasteiger charge is -2.23. The van der Waals surface area contributed by atoms with Crippen LogP contribution in [0.15, 0.2) is 0 Å². The van der Waals surface area contributed by atoms with Crippen molar-refractivity contribution in [3.8, 4) is 0 Å². The highest BCUT2D eigenvalue weighted by atomic mass is 16.4. The van der Waals surface area contributed by atoms with Gasteiger partial charge in [-0.15, -0.1) is 0 Å². The molecule has 0 bridgehead atoms. The Morgan fingerprint density at radius 3 is 0.441 bits per heavy atom. The fourth-order valence-corrected chi connectivity index (χ4v) is 14.6. The van der Waals surface area contributed by atoms with Crippen molar-refractivity contribution in [2.45, 2.75) is 525 Å². The van der Waals surface area contributed by atoms with Crippen molar-refractivity contribution in [1.82, 2.24) is 0 Å². The van der Waals surface area contributed by atoms with E-state index < -0.39 is 35.3 Å². The van der Waals surface area contributed by atoms with E-state index >= 15 is 0 Å². The summed E-state index contributed by atoms with van der Waals surface area (Å²) < 4.78 is 0. The summed E-state index contributed by atoms with van der Waals surface area (Å²) in [4.78, 5) is 53.7. The van der Waals surface area contributed by atoms with Crippen LogP contribution in [-0.4, -0.2) is 114 Å². The molecule has 0 heterocycles. The van der Waals surface area contributed by atoms with Crippen molar-refractivity contribution in [1.29, 1.82) is 0 Å². The number of unbranched alkanes of at least 4 members (excludes halogenated alkanes) is 55. The third kappa shape index (κ3) is 107. The van der Waals surface area contributed by atoms with Gasteiger partial charge in [-0.1, -0.05) is 409 Å². The summed E-state index contributed by atoms with van der Waals surface area (Å²) in [5.74, 6) is -3.39. The molecule has 0 saturated heterocycles. The lowest BCUT2D eigenvalue weighted by atomic mass is 9.82. The topological polar surface area (TPSA) is 288 Å². The molecule has 0 unspecified atom stereocenters. The Kier molecular flexibility index (Phi) is 90.9. The molecule has 0 fully saturated rings. The maximum absolute atomic E-state index is 11.0. The van der Waals surface area contributed by atoms with Crippen molar-refractivity contribution in [3.63, 3.8) is 0 Å². The molecule has 0 aromatic heterocycles. The first-order valence-corrected chi connectivity index (χ1v) is 47.1. The second-order valence-electron chi connectivity index (χ2n) is 37.4. The maximum Gasteiger partial charge on any atom is 0.309 e. The standard InChI is InChI=1S/3C20H40O3.2C18H36O3/c1-20(2,17-15-19(22)23)16-13-11-9-7-5-3-4-6-8-10-12-14-18-21;1-20(2,18-19(22)23)16-14-12-10-8-6-4-3-5-7-9-11-13-15-17-21;1-20(2,19(22)23)17-15-13-11-9-7-5-3-4-6-8-10-12-14-16-18-21;1-18(2,15-13-17(20)21)14-11-9-7-5-3-4-6-8-10-12-16-19;1-18(2,16-17(20)21)14-12-10-8-6-4-3-5-7-9-11-13-15-19/h3*21H,3-18H2,1-2H3,(H,22,23);2*19H,3-16H2,1-2H3,(H,20,21). The normalized spacial score (nSPS) is 11.8. The minimum atomic E-state index is -0.681. The first-order chi connectivity index (χ1) is 52.9. The lowest BCUT2D eigenvalue weighted by molar-refractivity contribution is -0.147. The van der Waals surface area contributed by atoms with E-state index in [9.17, 15) is 24.0 Å². The molecular formula is C96H192O15. The fraction of sp³-hybridized carbons (Fsp3) is 0.948. The van der Waals surface area contributed by atoms with E-state index in [1.807, 2.05) is 13.8 Å². The third-order valence-electron chi connectivity index (χ3n) is 22.6. The first-order valence-electron chi connectivity index (χ1n) is 47.1. The predicted octanol–water partition coefficient (Wildman–Crippen LogP) is 28.1. The van der Waals surface area contributed by atoms with E-state index in [1.165, 1.54) is 334 Å². The Labute approximate surface area is 686 Å². The number of carboxylic acids is 5. The second-order valence-corrected chi connectivity index (χ2v) is 37.4. The Bertz CT molecular complexity index is 1950. The quantitative estimate of drug-likeness (QED) is 0.0253. The van der Waals surface area contributed by atoms with Gasteiger partial charge in [0.05, 0.1) is 18.3 Å². The second kappa shape index (κ2) is 86.5. The molecule has 0 aliphatic carbocycles. The van der Waals surface area contributed by atoms with Crippen LogP contribution in [0.3, 0.4) is 0 Å². The van der Waals surface area contributed by atoms with Crippen LogP contribution in [0.4, 0.5) is 0 Å². The maximum atomic E-state index is 11.0. The lowest BCUT2D eigenvalue weighted by Crippen LogP contribution is -2.23. The summed E-state index contributed by atoms with van der Waals surface area (Å²) in [7, 11) is 0. The molecule has 666 valence electrons. The summed E-state index contributed by atoms with van der Waals surface area (Å²) in [6, 6.07) is 0. The Morgan fingerprint density at radius 2 is 0.306 bits per heavy atom. The predicted molar refractivity (Wildman–Crippen MR) is 470 cm³/mol. The Hall–Kier alpha value is -2.85. The van der Waals surface area contributed by atoms with Gasteiger partial charge in [0.25, 0.3) is 0 Å². The van der Waals surface area contributed by atoms with Crippen LogP contribution < -0.4 is 0 Å². The number of hydrogen-bond acceptors (Lipinski definition) is 10. The van der Waals surface area contributed by atoms with Gasteiger partial charge in [0.1, 0.15) is 0 Å². The zero-order valence-electron chi connectivity index (χ0n) is 75.3. The van der Waals surface area contributed by atoms with E-state index in [0.717, 1.165) is 96.3 Å². The SMILES string of the molecule is CC(C)(CCCCCCCCCCCCCCCCO)C(=O)O.CC(C)(CCCCCCCCCCCCCCCO)CC(=O)O.CC(C)(CCCCCCCCCCCCCCO)CCC(=O)O.CC(C)(CCCCCCCCCCCCCO)CC(=O)O.CC(C)(CCCCCCCCCCCCO)CCC(=O)O. The molecule has 0 aromatic rings. The Morgan fingerprint density at radius 1 is 0.171 bits per heavy atom. The van der Waals surface area contributed by atoms with Crippen LogP contribution in [0, 0.1) is 27.1 Å². The van der Waals surface area contributed by atoms with Crippen LogP contribution in [0.2, 0.25) is 0 Å². The zero-order valence-corrected chi connectivity index (χ0v) is 75.3. The van der Waals surface area contributed by atoms with E-state index in [1.54, 1.807) is 0 Å². The number of rotatable bonds is 81. The van der Waals surface area contributed by atoms with Gasteiger partial charge in [-0.3, -0.25) is 24.0 Å². The molecule has 0 saturated carbocycles. The van der Waals surface area contributed by atoms with Gasteiger partial charge < -0.3 is 51.1 Å². The van der Waals surface area contributed by atoms with Crippen molar-refractivity contribution in [2.24, 2.45) is 27.1 Å². The number of hydrogen-bond donors (Lipinski definition) is 10. The average Bonchev–Trinajstić information content (AvgIpc) is 0.926. The van der Waals surface area contributed by atoms with Crippen LogP contribution in [0.5, 0.6) is 0 Å². The molecule has 15 nitrogen and oxygen atoms in total. The zero-order chi connectivity index (χ0) is 84.1. The average molecular weight is 1590 g/mol. The molecule has 0 rings (SSSR count). The van der Waals surface area contributed by atoms with Gasteiger partial charge in [-0.25, -0.2) is 0 Å². The highest BCUT2D eigenvalue weighted by Gasteiger charge is 2.26. The first kappa shape index (κ1) is 117. The van der Waals surface area contributed by atoms with E-state index in [0.29, 0.717) is 45.9 Å². The van der Waals surface area contributed by atoms with E-state index in [-0.39, 0.29) is 34.5 Å². The smallest absolute Gasteiger partial charge is 0.309 e. The Balaban J connectivity index is -0.000000422. The van der Waals surface area contributed by atoms with E-state index in [2.05, 4.69) is 55.4 Å². The molecule has 0 radical (unpaired) electrons. The van der Waals surface area contributed by atoms with Gasteiger partial charge in [0.15, 0.2) is 0 Å². The van der Waals surface area contributed by atoms with Crippen molar-refractivity contribution in [3.05, 3.63) is 0 Å². The van der Waals surface area contributed by atoms with Crippen molar-refractivity contribution >= 4 is 29.8 Å². The number of carbonyl (C=O) groups is 5. The molecule has 0 atom stereocenters. The summed E-state index contributed by atoms with van der Waals surface area (Å²) in [6.07, 6.45) is 83.6. The third-order valence-corrected chi connectivity index (χ3v) is 22.6. The van der Waals surface area contributed by atoms with Crippen LogP contribution in [0.1, 0.15) is 525 Å². The number of carboxylic acid groups (broad SMARTS) is 5. The summed E-state index contributed by atoms with van der Waals surface area (Å²) in [6.45, 7) is 22.3. The van der Waals surface area contributed by atoms with Crippen molar-refractivity contribution in [2.75, 3.05) is 33.0 Å². The number of aliphatic hydroxyl groups excluding tert-OH is 5. The highest BCUT2D eigenvalue weighted by Crippen LogP contribution is 2.33. The molecule has 15 heteroatoms. The van der Waals surface area contributed by atoms with Gasteiger partial charge in [0.2, 0.25) is 0 Å². The largest absolute Gasteiger partial charge is 0.481 e. The van der Waals surface area contributed by atoms with Crippen molar-refractivity contribution < 1.29 is 75.0 Å². The molecule has 111 heavy (non-hydrogen) atoms. The summed E-state index contributed by atoms with van der Waals surface area (Å²) >= 11 is 0. The molecule has 0 aromatic carbocycles. The van der Waals surface area contributed by atoms with Gasteiger partial charge in [0, 0.05) is 45.9 Å². The summed E-state index contributed by atoms with van der Waals surface area (Å²) in [5, 5.41) is 87.6. The van der Waals surface area contributed by atoms with E-state index in [4.69, 9.17) is 51.1 Å². The van der Waals surface area contributed by atoms with Gasteiger partial charge in [-0.2, -0.15) is 0 Å². The molecular weight excluding hydrogens is 1390 g/mol. The monoisotopic (exact) mass is 1590 g/mol. The molecule has 0 spiro atoms. The van der Waals surface area contributed by atoms with Gasteiger partial charge in [-0.05, 0) is 113 Å². The van der Waals surface area contributed by atoms with Gasteiger partial charge >= 0.3 is 29.8 Å². The number of aliphatic hydroxyl groups is 5. The molecule has 0 aliphatic heterocycles. The van der Waals surface area contributed by atoms with Crippen LogP contribution >= 0.6 is 0 Å². The minimum Gasteiger partial charge on any atom is -0.481 e. The fourth-order valence-electron chi connectivity index (χ4n) is 14.6. The summed E-state index contributed by atoms with van der Waals surface area (Å²) in [5.41, 5.74) is -0.318. The van der Waals surface area contributed by atoms with Crippen LogP contribution in [-0.2, 0) is 24.0 Å². The molecule has 0 aliphatic rings. The molecule has 0 amide bonds.